The van der Waals surface area contributed by atoms with Crippen molar-refractivity contribution >= 4 is 5.78 Å². The highest BCUT2D eigenvalue weighted by Crippen LogP contribution is 2.55. The Kier molecular flexibility index (Phi) is 7.52. The molecule has 2 fully saturated rings. The van der Waals surface area contributed by atoms with Gasteiger partial charge in [0.2, 0.25) is 0 Å². The first-order valence-electron chi connectivity index (χ1n) is 10.6. The van der Waals surface area contributed by atoms with Gasteiger partial charge in [0.25, 0.3) is 0 Å². The zero-order valence-corrected chi connectivity index (χ0v) is 17.7. The van der Waals surface area contributed by atoms with Crippen LogP contribution < -0.4 is 0 Å². The number of carbonyl (C=O) groups excluding carboxylic acids is 1. The number of ketones is 1. The van der Waals surface area contributed by atoms with Crippen LogP contribution in [0.5, 0.6) is 0 Å². The van der Waals surface area contributed by atoms with Gasteiger partial charge in [-0.2, -0.15) is 0 Å². The summed E-state index contributed by atoms with van der Waals surface area (Å²) in [6.45, 7) is 11.2. The Labute approximate surface area is 156 Å². The molecular weight excluding hydrogens is 308 g/mol. The lowest BCUT2D eigenvalue weighted by atomic mass is 9.54. The molecule has 3 nitrogen and oxygen atoms in total. The summed E-state index contributed by atoms with van der Waals surface area (Å²) in [5, 5.41) is 0. The van der Waals surface area contributed by atoms with E-state index in [0.717, 1.165) is 12.0 Å². The molecule has 2 saturated carbocycles. The monoisotopic (exact) mass is 350 g/mol. The van der Waals surface area contributed by atoms with Crippen LogP contribution in [0.25, 0.3) is 0 Å². The number of hydrogen-bond donors (Lipinski definition) is 0. The van der Waals surface area contributed by atoms with Crippen LogP contribution in [0.3, 0.4) is 0 Å². The van der Waals surface area contributed by atoms with Gasteiger partial charge in [-0.3, -0.25) is 4.79 Å². The van der Waals surface area contributed by atoms with E-state index in [2.05, 4.69) is 44.7 Å². The minimum absolute atomic E-state index is 0.386. The van der Waals surface area contributed by atoms with Crippen LogP contribution in [0, 0.1) is 17.3 Å². The normalized spacial score (nSPS) is 30.9. The SMILES string of the molecule is CC(=O)C1CC2(CCC(N(C)CCC(C)N(C)CCC(C)C)CC2)C1. The van der Waals surface area contributed by atoms with Crippen LogP contribution in [-0.2, 0) is 4.79 Å². The fourth-order valence-corrected chi connectivity index (χ4v) is 4.81. The van der Waals surface area contributed by atoms with Gasteiger partial charge in [-0.05, 0) is 104 Å². The molecule has 2 aliphatic carbocycles. The van der Waals surface area contributed by atoms with E-state index in [0.29, 0.717) is 23.2 Å². The highest BCUT2D eigenvalue weighted by atomic mass is 16.1. The Morgan fingerprint density at radius 3 is 2.16 bits per heavy atom. The Morgan fingerprint density at radius 2 is 1.64 bits per heavy atom. The molecule has 0 radical (unpaired) electrons. The largest absolute Gasteiger partial charge is 0.304 e. The zero-order valence-electron chi connectivity index (χ0n) is 17.7. The van der Waals surface area contributed by atoms with E-state index in [1.165, 1.54) is 64.5 Å². The first-order chi connectivity index (χ1) is 11.7. The highest BCUT2D eigenvalue weighted by Gasteiger charge is 2.47. The third-order valence-corrected chi connectivity index (χ3v) is 7.28. The molecule has 0 aliphatic heterocycles. The maximum atomic E-state index is 11.5. The summed E-state index contributed by atoms with van der Waals surface area (Å²) in [5.41, 5.74) is 0.540. The molecule has 0 aromatic carbocycles. The topological polar surface area (TPSA) is 23.6 Å². The van der Waals surface area contributed by atoms with Gasteiger partial charge in [0.05, 0.1) is 0 Å². The minimum Gasteiger partial charge on any atom is -0.304 e. The molecule has 0 aromatic rings. The Morgan fingerprint density at radius 1 is 1.04 bits per heavy atom. The second-order valence-electron chi connectivity index (χ2n) is 9.73. The van der Waals surface area contributed by atoms with Crippen molar-refractivity contribution in [3.63, 3.8) is 0 Å². The number of nitrogens with zero attached hydrogens (tertiary/aromatic N) is 2. The molecule has 0 saturated heterocycles. The molecule has 0 N–H and O–H groups in total. The molecule has 146 valence electrons. The molecule has 1 spiro atoms. The number of rotatable bonds is 9. The van der Waals surface area contributed by atoms with Gasteiger partial charge in [0, 0.05) is 18.0 Å². The lowest BCUT2D eigenvalue weighted by molar-refractivity contribution is -0.130. The molecule has 0 heterocycles. The lowest BCUT2D eigenvalue weighted by Crippen LogP contribution is -2.47. The van der Waals surface area contributed by atoms with Gasteiger partial charge >= 0.3 is 0 Å². The van der Waals surface area contributed by atoms with Gasteiger partial charge in [0.15, 0.2) is 0 Å². The van der Waals surface area contributed by atoms with Gasteiger partial charge in [-0.15, -0.1) is 0 Å². The Bertz CT molecular complexity index is 418. The highest BCUT2D eigenvalue weighted by molar-refractivity contribution is 5.79. The zero-order chi connectivity index (χ0) is 18.6. The fourth-order valence-electron chi connectivity index (χ4n) is 4.81. The van der Waals surface area contributed by atoms with Crippen LogP contribution in [0.1, 0.15) is 79.1 Å². The quantitative estimate of drug-likeness (QED) is 0.607. The molecule has 25 heavy (non-hydrogen) atoms. The average molecular weight is 351 g/mol. The summed E-state index contributed by atoms with van der Waals surface area (Å²) in [4.78, 5) is 16.6. The second-order valence-corrected chi connectivity index (χ2v) is 9.73. The minimum atomic E-state index is 0.386. The third-order valence-electron chi connectivity index (χ3n) is 7.28. The first kappa shape index (κ1) is 20.9. The van der Waals surface area contributed by atoms with Crippen LogP contribution in [-0.4, -0.2) is 54.9 Å². The molecule has 2 rings (SSSR count). The van der Waals surface area contributed by atoms with E-state index in [1.54, 1.807) is 6.92 Å². The molecule has 0 aromatic heterocycles. The summed E-state index contributed by atoms with van der Waals surface area (Å²) in [7, 11) is 4.60. The maximum absolute atomic E-state index is 11.5. The van der Waals surface area contributed by atoms with Crippen molar-refractivity contribution in [3.05, 3.63) is 0 Å². The predicted molar refractivity (Wildman–Crippen MR) is 107 cm³/mol. The van der Waals surface area contributed by atoms with Crippen molar-refractivity contribution in [3.8, 4) is 0 Å². The maximum Gasteiger partial charge on any atom is 0.132 e. The molecule has 3 heteroatoms. The Balaban J connectivity index is 1.65. The van der Waals surface area contributed by atoms with Crippen molar-refractivity contribution < 1.29 is 4.79 Å². The van der Waals surface area contributed by atoms with Gasteiger partial charge < -0.3 is 9.80 Å². The van der Waals surface area contributed by atoms with Crippen LogP contribution in [0.2, 0.25) is 0 Å². The molecule has 0 bridgehead atoms. The van der Waals surface area contributed by atoms with E-state index in [1.807, 2.05) is 0 Å². The lowest BCUT2D eigenvalue weighted by Gasteiger charge is -2.52. The molecule has 1 unspecified atom stereocenters. The third kappa shape index (κ3) is 5.79. The van der Waals surface area contributed by atoms with E-state index >= 15 is 0 Å². The fraction of sp³-hybridized carbons (Fsp3) is 0.955. The van der Waals surface area contributed by atoms with Crippen LogP contribution >= 0.6 is 0 Å². The molecule has 1 atom stereocenters. The van der Waals surface area contributed by atoms with Crippen molar-refractivity contribution in [2.45, 2.75) is 91.1 Å². The Hall–Kier alpha value is -0.410. The van der Waals surface area contributed by atoms with Crippen LogP contribution in [0.15, 0.2) is 0 Å². The summed E-state index contributed by atoms with van der Waals surface area (Å²) < 4.78 is 0. The van der Waals surface area contributed by atoms with Crippen molar-refractivity contribution in [1.29, 1.82) is 0 Å². The molecular formula is C22H42N2O. The predicted octanol–water partition coefficient (Wildman–Crippen LogP) is 4.60. The molecule has 2 aliphatic rings. The number of carbonyl (C=O) groups is 1. The standard InChI is InChI=1S/C22H42N2O/c1-17(2)9-13-23(5)18(3)10-14-24(6)21-7-11-22(12-8-21)15-20(16-22)19(4)25/h17-18,20-21H,7-16H2,1-6H3. The summed E-state index contributed by atoms with van der Waals surface area (Å²) in [5.74, 6) is 1.60. The first-order valence-corrected chi connectivity index (χ1v) is 10.6. The number of Topliss-reactive ketones (excluding diaryl/α,β-unsaturated/α-hetero) is 1. The van der Waals surface area contributed by atoms with E-state index < -0.39 is 0 Å². The smallest absolute Gasteiger partial charge is 0.132 e. The molecule has 0 amide bonds. The second kappa shape index (κ2) is 8.99. The van der Waals surface area contributed by atoms with E-state index in [4.69, 9.17) is 0 Å². The number of hydrogen-bond acceptors (Lipinski definition) is 3. The van der Waals surface area contributed by atoms with E-state index in [-0.39, 0.29) is 0 Å². The average Bonchev–Trinajstić information content (AvgIpc) is 2.54. The van der Waals surface area contributed by atoms with Crippen LogP contribution in [0.4, 0.5) is 0 Å². The van der Waals surface area contributed by atoms with Gasteiger partial charge in [-0.25, -0.2) is 0 Å². The van der Waals surface area contributed by atoms with Crippen molar-refractivity contribution in [1.82, 2.24) is 9.80 Å². The van der Waals surface area contributed by atoms with Gasteiger partial charge in [0.1, 0.15) is 5.78 Å². The van der Waals surface area contributed by atoms with Gasteiger partial charge in [-0.1, -0.05) is 13.8 Å². The van der Waals surface area contributed by atoms with E-state index in [9.17, 15) is 4.79 Å². The summed E-state index contributed by atoms with van der Waals surface area (Å²) in [6.07, 6.45) is 10.3. The summed E-state index contributed by atoms with van der Waals surface area (Å²) in [6, 6.07) is 1.43. The van der Waals surface area contributed by atoms with Crippen molar-refractivity contribution in [2.75, 3.05) is 27.2 Å². The van der Waals surface area contributed by atoms with Crippen molar-refractivity contribution in [2.24, 2.45) is 17.3 Å². The summed E-state index contributed by atoms with van der Waals surface area (Å²) >= 11 is 0.